The minimum Gasteiger partial charge on any atom is -0.493 e. The van der Waals surface area contributed by atoms with Crippen LogP contribution in [0.25, 0.3) is 0 Å². The van der Waals surface area contributed by atoms with Crippen LogP contribution in [-0.2, 0) is 5.79 Å². The normalized spacial score (nSPS) is 12.4. The summed E-state index contributed by atoms with van der Waals surface area (Å²) in [7, 11) is 1.55. The molecule has 0 saturated heterocycles. The average molecular weight is 443 g/mol. The summed E-state index contributed by atoms with van der Waals surface area (Å²) in [5.41, 5.74) is 5.41. The van der Waals surface area contributed by atoms with Gasteiger partial charge in [-0.25, -0.2) is 0 Å². The number of aliphatic hydroxyl groups is 2. The average Bonchev–Trinajstić information content (AvgIpc) is 2.72. The summed E-state index contributed by atoms with van der Waals surface area (Å²) >= 11 is 0. The lowest BCUT2D eigenvalue weighted by atomic mass is 9.99. The number of rotatable bonds is 13. The molecule has 1 aromatic carbocycles. The number of hydrogen-bond acceptors (Lipinski definition) is 4. The quantitative estimate of drug-likeness (QED) is 0.255. The van der Waals surface area contributed by atoms with E-state index in [1.165, 1.54) is 16.7 Å². The van der Waals surface area contributed by atoms with Crippen molar-refractivity contribution in [2.75, 3.05) is 13.7 Å². The van der Waals surface area contributed by atoms with Gasteiger partial charge in [-0.15, -0.1) is 0 Å². The Bertz CT molecular complexity index is 833. The predicted octanol–water partition coefficient (Wildman–Crippen LogP) is 6.99. The van der Waals surface area contributed by atoms with Crippen LogP contribution in [0.15, 0.2) is 64.8 Å². The molecule has 0 aliphatic heterocycles. The molecule has 0 radical (unpaired) electrons. The summed E-state index contributed by atoms with van der Waals surface area (Å²) in [6, 6.07) is 5.04. The minimum absolute atomic E-state index is 0.116. The van der Waals surface area contributed by atoms with Crippen LogP contribution in [0.4, 0.5) is 0 Å². The molecule has 0 atom stereocenters. The van der Waals surface area contributed by atoms with Gasteiger partial charge in [0.1, 0.15) is 6.61 Å². The number of methoxy groups -OCH3 is 1. The molecule has 4 heteroatoms. The van der Waals surface area contributed by atoms with Crippen LogP contribution in [0, 0.1) is 0 Å². The molecule has 0 saturated carbocycles. The third-order valence-corrected chi connectivity index (χ3v) is 5.21. The molecule has 0 aliphatic carbocycles. The maximum Gasteiger partial charge on any atom is 0.193 e. The number of allylic oxidation sites excluding steroid dienone is 6. The van der Waals surface area contributed by atoms with Crippen molar-refractivity contribution in [3.63, 3.8) is 0 Å². The Morgan fingerprint density at radius 1 is 0.812 bits per heavy atom. The summed E-state index contributed by atoms with van der Waals surface area (Å²) in [5.74, 6) is -0.908. The molecule has 2 N–H and O–H groups in total. The zero-order chi connectivity index (χ0) is 24.1. The van der Waals surface area contributed by atoms with E-state index in [2.05, 4.69) is 52.8 Å². The van der Waals surface area contributed by atoms with E-state index in [1.807, 2.05) is 13.0 Å². The first-order chi connectivity index (χ1) is 15.0. The monoisotopic (exact) mass is 442 g/mol. The van der Waals surface area contributed by atoms with Gasteiger partial charge in [0.15, 0.2) is 17.3 Å². The number of benzene rings is 1. The topological polar surface area (TPSA) is 58.9 Å². The lowest BCUT2D eigenvalue weighted by Gasteiger charge is -2.22. The fourth-order valence-electron chi connectivity index (χ4n) is 3.13. The fraction of sp³-hybridized carbons (Fsp3) is 0.500. The highest BCUT2D eigenvalue weighted by Crippen LogP contribution is 2.33. The van der Waals surface area contributed by atoms with E-state index in [9.17, 15) is 10.2 Å². The molecule has 4 nitrogen and oxygen atoms in total. The molecule has 0 aliphatic rings. The van der Waals surface area contributed by atoms with Gasteiger partial charge in [0, 0.05) is 12.0 Å². The maximum absolute atomic E-state index is 10.6. The fourth-order valence-corrected chi connectivity index (χ4v) is 3.13. The molecule has 0 bridgehead atoms. The zero-order valence-corrected chi connectivity index (χ0v) is 21.0. The van der Waals surface area contributed by atoms with Crippen molar-refractivity contribution >= 4 is 0 Å². The van der Waals surface area contributed by atoms with E-state index in [0.717, 1.165) is 31.3 Å². The van der Waals surface area contributed by atoms with Gasteiger partial charge in [0.25, 0.3) is 0 Å². The van der Waals surface area contributed by atoms with Gasteiger partial charge >= 0.3 is 0 Å². The van der Waals surface area contributed by atoms with Gasteiger partial charge in [-0.05, 0) is 91.5 Å². The van der Waals surface area contributed by atoms with Gasteiger partial charge in [0.05, 0.1) is 7.11 Å². The Morgan fingerprint density at radius 3 is 1.91 bits per heavy atom. The van der Waals surface area contributed by atoms with Crippen LogP contribution >= 0.6 is 0 Å². The van der Waals surface area contributed by atoms with Crippen LogP contribution in [0.3, 0.4) is 0 Å². The van der Waals surface area contributed by atoms with Crippen molar-refractivity contribution in [2.45, 2.75) is 79.4 Å². The molecular weight excluding hydrogens is 400 g/mol. The molecule has 178 valence electrons. The van der Waals surface area contributed by atoms with Crippen molar-refractivity contribution in [1.29, 1.82) is 0 Å². The van der Waals surface area contributed by atoms with Gasteiger partial charge < -0.3 is 19.7 Å². The van der Waals surface area contributed by atoms with E-state index in [1.54, 1.807) is 25.3 Å². The van der Waals surface area contributed by atoms with Crippen molar-refractivity contribution < 1.29 is 19.7 Å². The van der Waals surface area contributed by atoms with E-state index in [4.69, 9.17) is 9.47 Å². The Hall–Kier alpha value is -2.30. The van der Waals surface area contributed by atoms with E-state index in [-0.39, 0.29) is 6.42 Å². The third kappa shape index (κ3) is 10.8. The first kappa shape index (κ1) is 27.7. The highest BCUT2D eigenvalue weighted by Gasteiger charge is 2.26. The zero-order valence-electron chi connectivity index (χ0n) is 21.0. The second-order valence-electron chi connectivity index (χ2n) is 8.94. The molecular formula is C28H42O4. The molecule has 0 fully saturated rings. The molecule has 32 heavy (non-hydrogen) atoms. The summed E-state index contributed by atoms with van der Waals surface area (Å²) in [6.45, 7) is 12.9. The summed E-state index contributed by atoms with van der Waals surface area (Å²) in [4.78, 5) is 0. The first-order valence-corrected chi connectivity index (χ1v) is 11.4. The Kier molecular flexibility index (Phi) is 12.1. The van der Waals surface area contributed by atoms with Crippen LogP contribution in [0.1, 0.15) is 79.2 Å². The summed E-state index contributed by atoms with van der Waals surface area (Å²) in [5, 5.41) is 21.2. The number of hydrogen-bond donors (Lipinski definition) is 2. The summed E-state index contributed by atoms with van der Waals surface area (Å²) in [6.07, 6.45) is 12.4. The van der Waals surface area contributed by atoms with Gasteiger partial charge in [-0.3, -0.25) is 0 Å². The van der Waals surface area contributed by atoms with Crippen LogP contribution in [0.2, 0.25) is 0 Å². The SMILES string of the molecule is COc1cc(C(O)(O)CC=C(C)CCC=C(C)C)ccc1OCC=C(C)CCC=C(C)C. The van der Waals surface area contributed by atoms with E-state index < -0.39 is 5.79 Å². The highest BCUT2D eigenvalue weighted by molar-refractivity contribution is 5.44. The molecule has 0 aromatic heterocycles. The highest BCUT2D eigenvalue weighted by atomic mass is 16.5. The van der Waals surface area contributed by atoms with Crippen LogP contribution in [0.5, 0.6) is 11.5 Å². The van der Waals surface area contributed by atoms with Gasteiger partial charge in [-0.2, -0.15) is 0 Å². The largest absolute Gasteiger partial charge is 0.493 e. The molecule has 0 heterocycles. The predicted molar refractivity (Wildman–Crippen MR) is 134 cm³/mol. The van der Waals surface area contributed by atoms with Gasteiger partial charge in [0.2, 0.25) is 0 Å². The molecule has 0 amide bonds. The smallest absolute Gasteiger partial charge is 0.193 e. The molecule has 1 aromatic rings. The minimum atomic E-state index is -1.97. The van der Waals surface area contributed by atoms with Crippen molar-refractivity contribution in [3.05, 3.63) is 70.4 Å². The Morgan fingerprint density at radius 2 is 1.38 bits per heavy atom. The number of ether oxygens (including phenoxy) is 2. The molecule has 0 spiro atoms. The lowest BCUT2D eigenvalue weighted by Crippen LogP contribution is -2.24. The molecule has 1 rings (SSSR count). The Labute approximate surface area is 195 Å². The van der Waals surface area contributed by atoms with Crippen LogP contribution in [-0.4, -0.2) is 23.9 Å². The Balaban J connectivity index is 2.76. The van der Waals surface area contributed by atoms with Crippen LogP contribution < -0.4 is 9.47 Å². The van der Waals surface area contributed by atoms with Gasteiger partial charge in [-0.1, -0.05) is 40.5 Å². The van der Waals surface area contributed by atoms with Crippen molar-refractivity contribution in [3.8, 4) is 11.5 Å². The van der Waals surface area contributed by atoms with E-state index in [0.29, 0.717) is 23.7 Å². The van der Waals surface area contributed by atoms with Crippen molar-refractivity contribution in [1.82, 2.24) is 0 Å². The third-order valence-electron chi connectivity index (χ3n) is 5.21. The van der Waals surface area contributed by atoms with Crippen molar-refractivity contribution in [2.24, 2.45) is 0 Å². The molecule has 0 unspecified atom stereocenters. The maximum atomic E-state index is 10.6. The second-order valence-corrected chi connectivity index (χ2v) is 8.94. The van der Waals surface area contributed by atoms with E-state index >= 15 is 0 Å². The standard InChI is InChI=1S/C28H42O4/c1-21(2)10-8-12-23(5)16-18-28(29,30)25-14-15-26(27(20-25)31-7)32-19-17-24(6)13-9-11-22(3)4/h10-11,14-17,20,29-30H,8-9,12-13,18-19H2,1-7H3. The second kappa shape index (κ2) is 14.0. The first-order valence-electron chi connectivity index (χ1n) is 11.4. The summed E-state index contributed by atoms with van der Waals surface area (Å²) < 4.78 is 11.3. The lowest BCUT2D eigenvalue weighted by molar-refractivity contribution is -0.166.